The van der Waals surface area contributed by atoms with Crippen molar-refractivity contribution in [1.82, 2.24) is 0 Å². The third kappa shape index (κ3) is 2.82. The molecule has 0 heterocycles. The second-order valence-corrected chi connectivity index (χ2v) is 4.94. The molecule has 2 aromatic carbocycles. The maximum atomic E-state index is 12.9. The van der Waals surface area contributed by atoms with Crippen LogP contribution in [-0.2, 0) is 6.18 Å². The maximum Gasteiger partial charge on any atom is 0.417 e. The smallest absolute Gasteiger partial charge is 0.207 e. The molecule has 0 atom stereocenters. The zero-order valence-electron chi connectivity index (χ0n) is 8.93. The Labute approximate surface area is 115 Å². The molecule has 0 nitrogen and oxygen atoms in total. The van der Waals surface area contributed by atoms with Crippen LogP contribution in [0.1, 0.15) is 5.56 Å². The Bertz CT molecular complexity index is 558. The average molecular weight is 366 g/mol. The SMILES string of the molecule is Fc1ccc(-c2ccc(I)cc2C(F)(F)F)cc1. The minimum absolute atomic E-state index is 0.0583. The molecule has 0 aromatic heterocycles. The molecule has 0 aliphatic carbocycles. The van der Waals surface area contributed by atoms with Crippen molar-refractivity contribution in [3.8, 4) is 11.1 Å². The highest BCUT2D eigenvalue weighted by atomic mass is 127. The van der Waals surface area contributed by atoms with Gasteiger partial charge in [-0.2, -0.15) is 13.2 Å². The lowest BCUT2D eigenvalue weighted by atomic mass is 9.99. The first kappa shape index (κ1) is 13.3. The Balaban J connectivity index is 2.60. The molecule has 0 saturated heterocycles. The van der Waals surface area contributed by atoms with E-state index in [1.165, 1.54) is 18.2 Å². The Hall–Kier alpha value is -1.11. The molecule has 0 aliphatic heterocycles. The van der Waals surface area contributed by atoms with Gasteiger partial charge in [-0.15, -0.1) is 0 Å². The summed E-state index contributed by atoms with van der Waals surface area (Å²) in [5.74, 6) is -0.474. The summed E-state index contributed by atoms with van der Waals surface area (Å²) < 4.78 is 52.0. The number of hydrogen-bond donors (Lipinski definition) is 0. The van der Waals surface area contributed by atoms with Crippen LogP contribution in [0, 0.1) is 9.39 Å². The van der Waals surface area contributed by atoms with Gasteiger partial charge in [0.25, 0.3) is 0 Å². The van der Waals surface area contributed by atoms with Gasteiger partial charge < -0.3 is 0 Å². The highest BCUT2D eigenvalue weighted by Crippen LogP contribution is 2.37. The van der Waals surface area contributed by atoms with Crippen LogP contribution >= 0.6 is 22.6 Å². The van der Waals surface area contributed by atoms with Crippen molar-refractivity contribution < 1.29 is 17.6 Å². The zero-order chi connectivity index (χ0) is 13.3. The third-order valence-corrected chi connectivity index (χ3v) is 3.11. The average Bonchev–Trinajstić information content (AvgIpc) is 2.29. The van der Waals surface area contributed by atoms with Crippen molar-refractivity contribution in [2.75, 3.05) is 0 Å². The van der Waals surface area contributed by atoms with Crippen molar-refractivity contribution in [2.45, 2.75) is 6.18 Å². The van der Waals surface area contributed by atoms with Gasteiger partial charge in [0.15, 0.2) is 0 Å². The van der Waals surface area contributed by atoms with E-state index in [9.17, 15) is 17.6 Å². The minimum Gasteiger partial charge on any atom is -0.207 e. The molecule has 2 rings (SSSR count). The van der Waals surface area contributed by atoms with Gasteiger partial charge in [0.2, 0.25) is 0 Å². The number of alkyl halides is 3. The van der Waals surface area contributed by atoms with Crippen molar-refractivity contribution in [3.05, 3.63) is 57.4 Å². The zero-order valence-corrected chi connectivity index (χ0v) is 11.1. The van der Waals surface area contributed by atoms with E-state index in [1.54, 1.807) is 6.07 Å². The first-order valence-electron chi connectivity index (χ1n) is 5.00. The Morgan fingerprint density at radius 3 is 2.06 bits per heavy atom. The molecule has 0 aliphatic rings. The van der Waals surface area contributed by atoms with E-state index >= 15 is 0 Å². The van der Waals surface area contributed by atoms with Crippen LogP contribution in [-0.4, -0.2) is 0 Å². The van der Waals surface area contributed by atoms with Crippen LogP contribution < -0.4 is 0 Å². The number of benzene rings is 2. The topological polar surface area (TPSA) is 0 Å². The summed E-state index contributed by atoms with van der Waals surface area (Å²) >= 11 is 1.83. The molecule has 2 aromatic rings. The molecule has 0 amide bonds. The Kier molecular flexibility index (Phi) is 3.61. The monoisotopic (exact) mass is 366 g/mol. The summed E-state index contributed by atoms with van der Waals surface area (Å²) in [6.45, 7) is 0. The van der Waals surface area contributed by atoms with E-state index in [0.717, 1.165) is 18.2 Å². The van der Waals surface area contributed by atoms with E-state index in [0.29, 0.717) is 9.13 Å². The highest BCUT2D eigenvalue weighted by Gasteiger charge is 2.33. The van der Waals surface area contributed by atoms with Gasteiger partial charge in [0.05, 0.1) is 5.56 Å². The lowest BCUT2D eigenvalue weighted by molar-refractivity contribution is -0.137. The number of rotatable bonds is 1. The van der Waals surface area contributed by atoms with Crippen LogP contribution in [0.25, 0.3) is 11.1 Å². The van der Waals surface area contributed by atoms with Crippen molar-refractivity contribution in [1.29, 1.82) is 0 Å². The maximum absolute atomic E-state index is 12.9. The summed E-state index contributed by atoms with van der Waals surface area (Å²) in [4.78, 5) is 0. The summed E-state index contributed by atoms with van der Waals surface area (Å²) in [5.41, 5.74) is -0.302. The molecule has 0 fully saturated rings. The molecular weight excluding hydrogens is 359 g/mol. The molecule has 0 saturated carbocycles. The summed E-state index contributed by atoms with van der Waals surface area (Å²) in [5, 5.41) is 0. The molecule has 5 heteroatoms. The van der Waals surface area contributed by atoms with Gasteiger partial charge in [0.1, 0.15) is 5.82 Å². The van der Waals surface area contributed by atoms with Gasteiger partial charge in [0, 0.05) is 3.57 Å². The molecule has 94 valence electrons. The van der Waals surface area contributed by atoms with Crippen LogP contribution in [0.4, 0.5) is 17.6 Å². The van der Waals surface area contributed by atoms with Gasteiger partial charge in [-0.25, -0.2) is 4.39 Å². The lowest BCUT2D eigenvalue weighted by Crippen LogP contribution is -2.07. The van der Waals surface area contributed by atoms with E-state index < -0.39 is 17.6 Å². The van der Waals surface area contributed by atoms with Crippen LogP contribution in [0.15, 0.2) is 42.5 Å². The third-order valence-electron chi connectivity index (χ3n) is 2.44. The molecule has 0 N–H and O–H groups in total. The van der Waals surface area contributed by atoms with E-state index in [2.05, 4.69) is 0 Å². The summed E-state index contributed by atoms with van der Waals surface area (Å²) in [7, 11) is 0. The first-order valence-corrected chi connectivity index (χ1v) is 6.08. The normalized spacial score (nSPS) is 11.6. The number of halogens is 5. The molecular formula is C13H7F4I. The predicted octanol–water partition coefficient (Wildman–Crippen LogP) is 5.12. The minimum atomic E-state index is -4.43. The van der Waals surface area contributed by atoms with Gasteiger partial charge in [-0.1, -0.05) is 18.2 Å². The first-order chi connectivity index (χ1) is 8.38. The van der Waals surface area contributed by atoms with Crippen LogP contribution in [0.3, 0.4) is 0 Å². The fourth-order valence-corrected chi connectivity index (χ4v) is 2.12. The van der Waals surface area contributed by atoms with Gasteiger partial charge in [-0.3, -0.25) is 0 Å². The fraction of sp³-hybridized carbons (Fsp3) is 0.0769. The van der Waals surface area contributed by atoms with E-state index in [-0.39, 0.29) is 5.56 Å². The van der Waals surface area contributed by atoms with Crippen LogP contribution in [0.5, 0.6) is 0 Å². The van der Waals surface area contributed by atoms with Gasteiger partial charge in [-0.05, 0) is 58.0 Å². The predicted molar refractivity (Wildman–Crippen MR) is 69.6 cm³/mol. The Morgan fingerprint density at radius 2 is 1.50 bits per heavy atom. The molecule has 0 bridgehead atoms. The second-order valence-electron chi connectivity index (χ2n) is 3.69. The lowest BCUT2D eigenvalue weighted by Gasteiger charge is -2.13. The van der Waals surface area contributed by atoms with E-state index in [4.69, 9.17) is 0 Å². The summed E-state index contributed by atoms with van der Waals surface area (Å²) in [6.07, 6.45) is -4.43. The fourth-order valence-electron chi connectivity index (χ4n) is 1.63. The molecule has 0 spiro atoms. The quantitative estimate of drug-likeness (QED) is 0.486. The van der Waals surface area contributed by atoms with Crippen LogP contribution in [0.2, 0.25) is 0 Å². The summed E-state index contributed by atoms with van der Waals surface area (Å²) in [6, 6.07) is 9.05. The van der Waals surface area contributed by atoms with E-state index in [1.807, 2.05) is 22.6 Å². The van der Waals surface area contributed by atoms with Crippen molar-refractivity contribution in [2.24, 2.45) is 0 Å². The van der Waals surface area contributed by atoms with Crippen molar-refractivity contribution >= 4 is 22.6 Å². The highest BCUT2D eigenvalue weighted by molar-refractivity contribution is 14.1. The number of hydrogen-bond acceptors (Lipinski definition) is 0. The largest absolute Gasteiger partial charge is 0.417 e. The second kappa shape index (κ2) is 4.87. The molecule has 0 unspecified atom stereocenters. The molecule has 0 radical (unpaired) electrons. The standard InChI is InChI=1S/C13H7F4I/c14-9-3-1-8(2-4-9)11-6-5-10(18)7-12(11)13(15,16)17/h1-7H. The molecule has 18 heavy (non-hydrogen) atoms. The van der Waals surface area contributed by atoms with Gasteiger partial charge >= 0.3 is 6.18 Å². The Morgan fingerprint density at radius 1 is 0.889 bits per heavy atom. The van der Waals surface area contributed by atoms with Crippen molar-refractivity contribution in [3.63, 3.8) is 0 Å².